The number of aliphatic hydroxyl groups is 1. The van der Waals surface area contributed by atoms with E-state index in [0.717, 1.165) is 13.0 Å². The Bertz CT molecular complexity index is 532. The average molecular weight is 300 g/mol. The molecule has 0 saturated carbocycles. The zero-order chi connectivity index (χ0) is 14.6. The molecule has 7 nitrogen and oxygen atoms in total. The summed E-state index contributed by atoms with van der Waals surface area (Å²) in [5, 5.41) is 12.6. The Morgan fingerprint density at radius 3 is 2.75 bits per heavy atom. The second kappa shape index (κ2) is 6.47. The maximum Gasteiger partial charge on any atom is 0.246 e. The van der Waals surface area contributed by atoms with Crippen molar-refractivity contribution in [1.29, 1.82) is 0 Å². The van der Waals surface area contributed by atoms with Crippen molar-refractivity contribution in [3.63, 3.8) is 0 Å². The second-order valence-corrected chi connectivity index (χ2v) is 6.77. The molecule has 1 aromatic rings. The van der Waals surface area contributed by atoms with E-state index in [1.54, 1.807) is 0 Å². The van der Waals surface area contributed by atoms with Gasteiger partial charge >= 0.3 is 0 Å². The Morgan fingerprint density at radius 2 is 2.15 bits per heavy atom. The first-order valence-corrected chi connectivity index (χ1v) is 8.22. The molecule has 1 atom stereocenters. The van der Waals surface area contributed by atoms with E-state index in [1.807, 2.05) is 6.92 Å². The van der Waals surface area contributed by atoms with Crippen LogP contribution in [0.15, 0.2) is 17.3 Å². The van der Waals surface area contributed by atoms with Crippen LogP contribution in [-0.2, 0) is 10.0 Å². The summed E-state index contributed by atoms with van der Waals surface area (Å²) in [5.41, 5.74) is 0. The monoisotopic (exact) mass is 300 g/mol. The number of hydrogen-bond donors (Lipinski definition) is 2. The molecular weight excluding hydrogens is 280 g/mol. The number of piperidine rings is 1. The van der Waals surface area contributed by atoms with E-state index in [4.69, 9.17) is 0 Å². The summed E-state index contributed by atoms with van der Waals surface area (Å²) in [6, 6.07) is 0. The van der Waals surface area contributed by atoms with Crippen LogP contribution in [0.2, 0.25) is 0 Å². The Kier molecular flexibility index (Phi) is 4.90. The minimum atomic E-state index is -3.61. The molecule has 0 aliphatic carbocycles. The minimum absolute atomic E-state index is 0.0636. The summed E-state index contributed by atoms with van der Waals surface area (Å²) >= 11 is 0. The molecule has 2 heterocycles. The molecule has 1 aliphatic heterocycles. The predicted molar refractivity (Wildman–Crippen MR) is 74.8 cm³/mol. The number of hydrogen-bond acceptors (Lipinski definition) is 6. The molecule has 1 aliphatic rings. The molecule has 112 valence electrons. The Hall–Kier alpha value is -1.25. The van der Waals surface area contributed by atoms with E-state index in [1.165, 1.54) is 16.7 Å². The maximum absolute atomic E-state index is 12.4. The van der Waals surface area contributed by atoms with Gasteiger partial charge < -0.3 is 10.4 Å². The van der Waals surface area contributed by atoms with Crippen molar-refractivity contribution >= 4 is 16.0 Å². The van der Waals surface area contributed by atoms with Crippen molar-refractivity contribution in [2.24, 2.45) is 0 Å². The smallest absolute Gasteiger partial charge is 0.246 e. The minimum Gasteiger partial charge on any atom is -0.392 e. The van der Waals surface area contributed by atoms with Gasteiger partial charge in [0.15, 0.2) is 0 Å². The van der Waals surface area contributed by atoms with E-state index in [2.05, 4.69) is 15.3 Å². The van der Waals surface area contributed by atoms with Crippen molar-refractivity contribution in [1.82, 2.24) is 14.3 Å². The Balaban J connectivity index is 2.12. The van der Waals surface area contributed by atoms with E-state index in [9.17, 15) is 13.5 Å². The van der Waals surface area contributed by atoms with Crippen LogP contribution in [0.4, 0.5) is 5.95 Å². The number of rotatable bonds is 5. The van der Waals surface area contributed by atoms with Crippen LogP contribution >= 0.6 is 0 Å². The number of aliphatic hydroxyl groups excluding tert-OH is 1. The van der Waals surface area contributed by atoms with Crippen LogP contribution in [0.1, 0.15) is 26.2 Å². The SMILES string of the molecule is CCCNc1ncc(S(=O)(=O)N2CCCC(O)C2)cn1. The molecule has 20 heavy (non-hydrogen) atoms. The van der Waals surface area contributed by atoms with Crippen molar-refractivity contribution in [3.05, 3.63) is 12.4 Å². The molecule has 0 bridgehead atoms. The molecule has 0 aromatic carbocycles. The summed E-state index contributed by atoms with van der Waals surface area (Å²) in [7, 11) is -3.61. The highest BCUT2D eigenvalue weighted by molar-refractivity contribution is 7.89. The lowest BCUT2D eigenvalue weighted by Crippen LogP contribution is -2.42. The molecule has 1 unspecified atom stereocenters. The largest absolute Gasteiger partial charge is 0.392 e. The van der Waals surface area contributed by atoms with Crippen molar-refractivity contribution in [2.45, 2.75) is 37.2 Å². The van der Waals surface area contributed by atoms with Gasteiger partial charge in [-0.3, -0.25) is 0 Å². The fourth-order valence-corrected chi connectivity index (χ4v) is 3.47. The fraction of sp³-hybridized carbons (Fsp3) is 0.667. The fourth-order valence-electron chi connectivity index (χ4n) is 2.07. The van der Waals surface area contributed by atoms with Crippen molar-refractivity contribution in [2.75, 3.05) is 25.0 Å². The lowest BCUT2D eigenvalue weighted by molar-refractivity contribution is 0.108. The molecule has 0 radical (unpaired) electrons. The van der Waals surface area contributed by atoms with Gasteiger partial charge in [-0.25, -0.2) is 18.4 Å². The Labute approximate surface area is 119 Å². The highest BCUT2D eigenvalue weighted by Gasteiger charge is 2.29. The van der Waals surface area contributed by atoms with Gasteiger partial charge in [0.05, 0.1) is 18.5 Å². The molecule has 8 heteroatoms. The van der Waals surface area contributed by atoms with Gasteiger partial charge in [0.1, 0.15) is 4.90 Å². The number of anilines is 1. The number of β-amino-alcohol motifs (C(OH)–C–C–N with tert-alkyl or cyclic N) is 1. The summed E-state index contributed by atoms with van der Waals surface area (Å²) in [4.78, 5) is 8.08. The quantitative estimate of drug-likeness (QED) is 0.819. The summed E-state index contributed by atoms with van der Waals surface area (Å²) in [6.45, 7) is 3.32. The van der Waals surface area contributed by atoms with Crippen LogP contribution in [0.3, 0.4) is 0 Å². The maximum atomic E-state index is 12.4. The van der Waals surface area contributed by atoms with Crippen molar-refractivity contribution in [3.8, 4) is 0 Å². The second-order valence-electron chi connectivity index (χ2n) is 4.83. The first-order valence-electron chi connectivity index (χ1n) is 6.78. The van der Waals surface area contributed by atoms with Gasteiger partial charge in [-0.2, -0.15) is 4.31 Å². The van der Waals surface area contributed by atoms with Gasteiger partial charge in [0.25, 0.3) is 0 Å². The molecule has 2 N–H and O–H groups in total. The number of nitrogens with one attached hydrogen (secondary N) is 1. The van der Waals surface area contributed by atoms with Gasteiger partial charge in [0, 0.05) is 19.6 Å². The number of sulfonamides is 1. The van der Waals surface area contributed by atoms with Crippen molar-refractivity contribution < 1.29 is 13.5 Å². The van der Waals surface area contributed by atoms with Crippen LogP contribution in [0.5, 0.6) is 0 Å². The normalized spacial score (nSPS) is 20.8. The van der Waals surface area contributed by atoms with Gasteiger partial charge in [-0.1, -0.05) is 6.92 Å². The third-order valence-corrected chi connectivity index (χ3v) is 4.98. The van der Waals surface area contributed by atoms with Crippen LogP contribution in [0.25, 0.3) is 0 Å². The third-order valence-electron chi connectivity index (χ3n) is 3.16. The summed E-state index contributed by atoms with van der Waals surface area (Å²) in [6.07, 6.45) is 4.27. The molecule has 1 saturated heterocycles. The lowest BCUT2D eigenvalue weighted by atomic mass is 10.1. The molecule has 2 rings (SSSR count). The summed E-state index contributed by atoms with van der Waals surface area (Å²) < 4.78 is 26.0. The van der Waals surface area contributed by atoms with Gasteiger partial charge in [0.2, 0.25) is 16.0 Å². The van der Waals surface area contributed by atoms with Gasteiger partial charge in [-0.15, -0.1) is 0 Å². The standard InChI is InChI=1S/C12H20N4O3S/c1-2-5-13-12-14-7-11(8-15-12)20(18,19)16-6-3-4-10(17)9-16/h7-8,10,17H,2-6,9H2,1H3,(H,13,14,15). The van der Waals surface area contributed by atoms with E-state index in [-0.39, 0.29) is 11.4 Å². The average Bonchev–Trinajstić information content (AvgIpc) is 2.45. The molecular formula is C12H20N4O3S. The number of aromatic nitrogens is 2. The van der Waals surface area contributed by atoms with E-state index >= 15 is 0 Å². The molecule has 1 fully saturated rings. The van der Waals surface area contributed by atoms with Gasteiger partial charge in [-0.05, 0) is 19.3 Å². The summed E-state index contributed by atoms with van der Waals surface area (Å²) in [5.74, 6) is 0.421. The highest BCUT2D eigenvalue weighted by atomic mass is 32.2. The van der Waals surface area contributed by atoms with Crippen LogP contribution in [-0.4, -0.2) is 53.5 Å². The zero-order valence-electron chi connectivity index (χ0n) is 11.5. The highest BCUT2D eigenvalue weighted by Crippen LogP contribution is 2.20. The Morgan fingerprint density at radius 1 is 1.45 bits per heavy atom. The van der Waals surface area contributed by atoms with Crippen LogP contribution in [0, 0.1) is 0 Å². The van der Waals surface area contributed by atoms with E-state index < -0.39 is 16.1 Å². The molecule has 1 aromatic heterocycles. The predicted octanol–water partition coefficient (Wildman–Crippen LogP) is 0.444. The van der Waals surface area contributed by atoms with E-state index in [0.29, 0.717) is 25.3 Å². The van der Waals surface area contributed by atoms with Crippen LogP contribution < -0.4 is 5.32 Å². The number of nitrogens with zero attached hydrogens (tertiary/aromatic N) is 3. The lowest BCUT2D eigenvalue weighted by Gasteiger charge is -2.28. The first kappa shape index (κ1) is 15.1. The first-order chi connectivity index (χ1) is 9.54. The zero-order valence-corrected chi connectivity index (χ0v) is 12.3. The molecule has 0 amide bonds. The third kappa shape index (κ3) is 3.44. The molecule has 0 spiro atoms. The topological polar surface area (TPSA) is 95.4 Å².